The van der Waals surface area contributed by atoms with E-state index in [2.05, 4.69) is 19.0 Å². The fourth-order valence-electron chi connectivity index (χ4n) is 2.73. The third-order valence-corrected chi connectivity index (χ3v) is 4.48. The Morgan fingerprint density at radius 2 is 2.04 bits per heavy atom. The monoisotopic (exact) mass is 333 g/mol. The highest BCUT2D eigenvalue weighted by Gasteiger charge is 2.28. The van der Waals surface area contributed by atoms with E-state index in [4.69, 9.17) is 0 Å². The van der Waals surface area contributed by atoms with Gasteiger partial charge in [0.25, 0.3) is 5.91 Å². The Kier molecular flexibility index (Phi) is 4.51. The lowest BCUT2D eigenvalue weighted by molar-refractivity contribution is -0.126. The van der Waals surface area contributed by atoms with Crippen LogP contribution >= 0.6 is 11.7 Å². The first kappa shape index (κ1) is 15.8. The molecule has 2 amide bonds. The summed E-state index contributed by atoms with van der Waals surface area (Å²) in [6, 6.07) is 1.87. The van der Waals surface area contributed by atoms with Crippen LogP contribution in [0.4, 0.5) is 0 Å². The summed E-state index contributed by atoms with van der Waals surface area (Å²) in [7, 11) is 0. The van der Waals surface area contributed by atoms with E-state index in [0.717, 1.165) is 11.7 Å². The molecule has 0 aromatic carbocycles. The Labute approximate surface area is 138 Å². The summed E-state index contributed by atoms with van der Waals surface area (Å²) in [6.07, 6.45) is 2.93. The van der Waals surface area contributed by atoms with Crippen molar-refractivity contribution >= 4 is 34.7 Å². The summed E-state index contributed by atoms with van der Waals surface area (Å²) in [5.41, 5.74) is 1.73. The minimum atomic E-state index is -0.0601. The highest BCUT2D eigenvalue weighted by Crippen LogP contribution is 2.20. The molecule has 1 fully saturated rings. The first-order valence-electron chi connectivity index (χ1n) is 7.72. The maximum atomic E-state index is 12.6. The van der Waals surface area contributed by atoms with E-state index in [1.54, 1.807) is 17.2 Å². The topological polar surface area (TPSA) is 88.1 Å². The van der Waals surface area contributed by atoms with Crippen molar-refractivity contribution in [1.82, 2.24) is 23.9 Å². The molecule has 3 heterocycles. The molecule has 0 bridgehead atoms. The minimum Gasteiger partial charge on any atom is -0.354 e. The molecule has 0 atom stereocenters. The minimum absolute atomic E-state index is 0.00945. The number of aromatic nitrogens is 3. The molecule has 0 aliphatic carbocycles. The van der Waals surface area contributed by atoms with Gasteiger partial charge in [-0.05, 0) is 32.8 Å². The molecule has 7 nitrogen and oxygen atoms in total. The van der Waals surface area contributed by atoms with Crippen LogP contribution in [-0.4, -0.2) is 49.6 Å². The van der Waals surface area contributed by atoms with Gasteiger partial charge in [-0.1, -0.05) is 0 Å². The second kappa shape index (κ2) is 6.57. The second-order valence-electron chi connectivity index (χ2n) is 6.06. The van der Waals surface area contributed by atoms with Crippen molar-refractivity contribution in [3.8, 4) is 0 Å². The van der Waals surface area contributed by atoms with E-state index in [-0.39, 0.29) is 23.8 Å². The third-order valence-electron chi connectivity index (χ3n) is 3.94. The van der Waals surface area contributed by atoms with Gasteiger partial charge in [-0.2, -0.15) is 8.75 Å². The number of nitrogens with zero attached hydrogens (tertiary/aromatic N) is 4. The van der Waals surface area contributed by atoms with Gasteiger partial charge in [0.2, 0.25) is 5.91 Å². The Morgan fingerprint density at radius 1 is 1.30 bits per heavy atom. The number of likely N-dealkylation sites (tertiary alicyclic amines) is 1. The van der Waals surface area contributed by atoms with Crippen molar-refractivity contribution < 1.29 is 9.59 Å². The molecule has 1 N–H and O–H groups in total. The summed E-state index contributed by atoms with van der Waals surface area (Å²) < 4.78 is 8.15. The van der Waals surface area contributed by atoms with Crippen LogP contribution in [0.5, 0.6) is 0 Å². The average molecular weight is 333 g/mol. The van der Waals surface area contributed by atoms with Crippen molar-refractivity contribution in [2.24, 2.45) is 5.92 Å². The molecular weight excluding hydrogens is 314 g/mol. The van der Waals surface area contributed by atoms with E-state index in [9.17, 15) is 9.59 Å². The van der Waals surface area contributed by atoms with E-state index < -0.39 is 0 Å². The lowest BCUT2D eigenvalue weighted by Gasteiger charge is -2.31. The zero-order valence-electron chi connectivity index (χ0n) is 13.2. The van der Waals surface area contributed by atoms with Crippen LogP contribution in [0.1, 0.15) is 37.0 Å². The molecule has 0 unspecified atom stereocenters. The first-order valence-corrected chi connectivity index (χ1v) is 8.45. The van der Waals surface area contributed by atoms with Gasteiger partial charge < -0.3 is 10.2 Å². The number of carbonyl (C=O) groups is 2. The second-order valence-corrected chi connectivity index (χ2v) is 6.59. The van der Waals surface area contributed by atoms with Crippen molar-refractivity contribution in [2.75, 3.05) is 13.1 Å². The number of hydrogen-bond donors (Lipinski definition) is 1. The first-order chi connectivity index (χ1) is 11.0. The van der Waals surface area contributed by atoms with Gasteiger partial charge in [-0.15, -0.1) is 0 Å². The summed E-state index contributed by atoms with van der Waals surface area (Å²) in [6.45, 7) is 5.07. The Hall–Kier alpha value is -2.09. The molecule has 23 heavy (non-hydrogen) atoms. The van der Waals surface area contributed by atoms with Crippen LogP contribution < -0.4 is 5.32 Å². The molecule has 8 heteroatoms. The summed E-state index contributed by atoms with van der Waals surface area (Å²) in [5, 5.41) is 2.94. The Balaban J connectivity index is 1.62. The number of piperidine rings is 1. The number of nitrogens with one attached hydrogen (secondary N) is 1. The Morgan fingerprint density at radius 3 is 2.74 bits per heavy atom. The lowest BCUT2D eigenvalue weighted by atomic mass is 9.95. The predicted molar refractivity (Wildman–Crippen MR) is 87.1 cm³/mol. The van der Waals surface area contributed by atoms with Gasteiger partial charge in [-0.3, -0.25) is 9.59 Å². The van der Waals surface area contributed by atoms with E-state index >= 15 is 0 Å². The Bertz CT molecular complexity index is 721. The molecule has 0 spiro atoms. The molecule has 0 radical (unpaired) electrons. The maximum absolute atomic E-state index is 12.6. The predicted octanol–water partition coefficient (Wildman–Crippen LogP) is 1.46. The van der Waals surface area contributed by atoms with Crippen molar-refractivity contribution in [2.45, 2.75) is 32.7 Å². The smallest absolute Gasteiger partial charge is 0.255 e. The lowest BCUT2D eigenvalue weighted by Crippen LogP contribution is -2.44. The summed E-state index contributed by atoms with van der Waals surface area (Å²) in [4.78, 5) is 30.5. The molecule has 122 valence electrons. The van der Waals surface area contributed by atoms with Crippen molar-refractivity contribution in [1.29, 1.82) is 0 Å². The zero-order chi connectivity index (χ0) is 16.4. The highest BCUT2D eigenvalue weighted by molar-refractivity contribution is 7.00. The fraction of sp³-hybridized carbons (Fsp3) is 0.533. The average Bonchev–Trinajstić information content (AvgIpc) is 3.01. The molecule has 1 saturated heterocycles. The quantitative estimate of drug-likeness (QED) is 0.919. The van der Waals surface area contributed by atoms with Crippen LogP contribution in [-0.2, 0) is 4.79 Å². The van der Waals surface area contributed by atoms with Gasteiger partial charge in [0.05, 0.1) is 17.3 Å². The van der Waals surface area contributed by atoms with Crippen LogP contribution in [0, 0.1) is 5.92 Å². The summed E-state index contributed by atoms with van der Waals surface area (Å²) >= 11 is 1.09. The highest BCUT2D eigenvalue weighted by atomic mass is 32.1. The van der Waals surface area contributed by atoms with Crippen LogP contribution in [0.15, 0.2) is 12.3 Å². The number of pyridine rings is 1. The normalized spacial score (nSPS) is 16.0. The standard InChI is InChI=1S/C15H19N5O2S/c1-9(2)17-14(21)10-3-5-20(6-4-10)15(22)11-7-12-13(16-8-11)19-23-18-12/h7-10H,3-6H2,1-2H3,(H,17,21). The number of amides is 2. The van der Waals surface area contributed by atoms with E-state index in [0.29, 0.717) is 42.7 Å². The molecule has 1 aliphatic rings. The van der Waals surface area contributed by atoms with Gasteiger partial charge >= 0.3 is 0 Å². The maximum Gasteiger partial charge on any atom is 0.255 e. The largest absolute Gasteiger partial charge is 0.354 e. The van der Waals surface area contributed by atoms with Gasteiger partial charge in [0.1, 0.15) is 5.52 Å². The van der Waals surface area contributed by atoms with Gasteiger partial charge in [-0.25, -0.2) is 4.98 Å². The number of rotatable bonds is 3. The molecule has 3 rings (SSSR count). The fourth-order valence-corrected chi connectivity index (χ4v) is 3.21. The molecule has 0 saturated carbocycles. The van der Waals surface area contributed by atoms with Crippen LogP contribution in [0.25, 0.3) is 11.2 Å². The SMILES string of the molecule is CC(C)NC(=O)C1CCN(C(=O)c2cnc3nsnc3c2)CC1. The van der Waals surface area contributed by atoms with E-state index in [1.807, 2.05) is 13.8 Å². The number of hydrogen-bond acceptors (Lipinski definition) is 6. The van der Waals surface area contributed by atoms with E-state index in [1.165, 1.54) is 0 Å². The number of carbonyl (C=O) groups excluding carboxylic acids is 2. The van der Waals surface area contributed by atoms with Gasteiger partial charge in [0, 0.05) is 31.2 Å². The van der Waals surface area contributed by atoms with Gasteiger partial charge in [0.15, 0.2) is 5.65 Å². The van der Waals surface area contributed by atoms with Crippen molar-refractivity contribution in [3.05, 3.63) is 17.8 Å². The molecule has 2 aromatic heterocycles. The van der Waals surface area contributed by atoms with Crippen LogP contribution in [0.2, 0.25) is 0 Å². The van der Waals surface area contributed by atoms with Crippen LogP contribution in [0.3, 0.4) is 0 Å². The molecule has 1 aliphatic heterocycles. The number of fused-ring (bicyclic) bond motifs is 1. The third kappa shape index (κ3) is 3.47. The molecular formula is C15H19N5O2S. The van der Waals surface area contributed by atoms with Crippen molar-refractivity contribution in [3.63, 3.8) is 0 Å². The zero-order valence-corrected chi connectivity index (χ0v) is 14.0. The molecule has 2 aromatic rings. The summed E-state index contributed by atoms with van der Waals surface area (Å²) in [5.74, 6) is 0.0173.